The third kappa shape index (κ3) is 3.50. The monoisotopic (exact) mass is 534 g/mol. The van der Waals surface area contributed by atoms with E-state index in [9.17, 15) is 19.5 Å². The first-order valence-electron chi connectivity index (χ1n) is 13.4. The number of amides is 1. The van der Waals surface area contributed by atoms with Crippen molar-refractivity contribution >= 4 is 22.8 Å². The molecule has 10 heteroatoms. The summed E-state index contributed by atoms with van der Waals surface area (Å²) in [4.78, 5) is 45.8. The van der Waals surface area contributed by atoms with Crippen molar-refractivity contribution in [2.24, 2.45) is 5.73 Å². The zero-order valence-corrected chi connectivity index (χ0v) is 22.3. The number of nitrogens with two attached hydrogens (primary N) is 1. The van der Waals surface area contributed by atoms with Gasteiger partial charge >= 0.3 is 5.97 Å². The van der Waals surface area contributed by atoms with E-state index in [4.69, 9.17) is 15.5 Å². The summed E-state index contributed by atoms with van der Waals surface area (Å²) in [5.41, 5.74) is 8.46. The smallest absolute Gasteiger partial charge is 0.343 e. The molecule has 0 bridgehead atoms. The molecule has 2 atom stereocenters. The summed E-state index contributed by atoms with van der Waals surface area (Å²) in [5.74, 6) is -1.23. The Labute approximate surface area is 224 Å². The van der Waals surface area contributed by atoms with Crippen LogP contribution in [-0.2, 0) is 39.5 Å². The Bertz CT molecular complexity index is 1650. The topological polar surface area (TPSA) is 128 Å². The lowest BCUT2D eigenvalue weighted by atomic mass is 9.81. The maximum Gasteiger partial charge on any atom is 0.343 e. The Morgan fingerprint density at radius 1 is 1.31 bits per heavy atom. The molecule has 9 nitrogen and oxygen atoms in total. The molecule has 2 aliphatic heterocycles. The van der Waals surface area contributed by atoms with E-state index in [1.54, 1.807) is 24.5 Å². The quantitative estimate of drug-likeness (QED) is 0.377. The minimum atomic E-state index is -1.94. The fourth-order valence-corrected chi connectivity index (χ4v) is 6.64. The molecular formula is C29H31FN4O5. The molecule has 0 fully saturated rings. The van der Waals surface area contributed by atoms with Gasteiger partial charge in [-0.3, -0.25) is 9.59 Å². The van der Waals surface area contributed by atoms with E-state index >= 15 is 4.39 Å². The number of ether oxygens (including phenoxy) is 1. The van der Waals surface area contributed by atoms with Crippen LogP contribution in [0.1, 0.15) is 72.5 Å². The summed E-state index contributed by atoms with van der Waals surface area (Å²) in [7, 11) is 0. The van der Waals surface area contributed by atoms with Crippen LogP contribution >= 0.6 is 0 Å². The Morgan fingerprint density at radius 2 is 2.08 bits per heavy atom. The summed E-state index contributed by atoms with van der Waals surface area (Å²) in [6, 6.07) is 2.78. The van der Waals surface area contributed by atoms with Crippen LogP contribution in [0.3, 0.4) is 0 Å². The molecule has 204 valence electrons. The van der Waals surface area contributed by atoms with Crippen LogP contribution in [0.2, 0.25) is 0 Å². The molecule has 3 aromatic rings. The van der Waals surface area contributed by atoms with Crippen molar-refractivity contribution in [3.8, 4) is 11.4 Å². The van der Waals surface area contributed by atoms with E-state index in [2.05, 4.69) is 0 Å². The fraction of sp³-hybridized carbons (Fsp3) is 0.448. The van der Waals surface area contributed by atoms with Gasteiger partial charge in [-0.15, -0.1) is 0 Å². The number of nitrogens with zero attached hydrogens (tertiary/aromatic N) is 3. The molecule has 4 heterocycles. The molecule has 1 aliphatic carbocycles. The summed E-state index contributed by atoms with van der Waals surface area (Å²) >= 11 is 0. The lowest BCUT2D eigenvalue weighted by Gasteiger charge is -2.37. The van der Waals surface area contributed by atoms with Gasteiger partial charge in [0.05, 0.1) is 35.1 Å². The summed E-state index contributed by atoms with van der Waals surface area (Å²) in [5, 5.41) is 12.0. The molecule has 0 saturated carbocycles. The molecular weight excluding hydrogens is 503 g/mol. The van der Waals surface area contributed by atoms with Gasteiger partial charge in [0.1, 0.15) is 12.4 Å². The third-order valence-electron chi connectivity index (χ3n) is 8.73. The number of aromatic nitrogens is 2. The highest BCUT2D eigenvalue weighted by atomic mass is 19.1. The van der Waals surface area contributed by atoms with Crippen LogP contribution in [0.4, 0.5) is 4.39 Å². The van der Waals surface area contributed by atoms with Crippen LogP contribution in [-0.4, -0.2) is 44.5 Å². The van der Waals surface area contributed by atoms with Gasteiger partial charge in [0.25, 0.3) is 5.56 Å². The van der Waals surface area contributed by atoms with E-state index in [-0.39, 0.29) is 54.0 Å². The Balaban J connectivity index is 1.66. The van der Waals surface area contributed by atoms with Gasteiger partial charge in [-0.05, 0) is 61.9 Å². The second-order valence-electron chi connectivity index (χ2n) is 10.7. The molecule has 0 saturated heterocycles. The number of halogens is 1. The number of hydrogen-bond acceptors (Lipinski definition) is 7. The number of pyridine rings is 2. The van der Waals surface area contributed by atoms with Crippen molar-refractivity contribution in [1.82, 2.24) is 14.5 Å². The van der Waals surface area contributed by atoms with Crippen molar-refractivity contribution in [1.29, 1.82) is 0 Å². The van der Waals surface area contributed by atoms with Gasteiger partial charge in [0, 0.05) is 36.0 Å². The van der Waals surface area contributed by atoms with Crippen LogP contribution in [0.5, 0.6) is 0 Å². The maximum atomic E-state index is 15.1. The van der Waals surface area contributed by atoms with Crippen LogP contribution < -0.4 is 11.3 Å². The van der Waals surface area contributed by atoms with Crippen LogP contribution in [0.15, 0.2) is 16.9 Å². The molecule has 1 amide bonds. The highest BCUT2D eigenvalue weighted by Gasteiger charge is 2.46. The largest absolute Gasteiger partial charge is 0.458 e. The van der Waals surface area contributed by atoms with E-state index < -0.39 is 11.6 Å². The normalized spacial score (nSPS) is 20.9. The molecule has 6 rings (SSSR count). The average molecular weight is 535 g/mol. The predicted molar refractivity (Wildman–Crippen MR) is 141 cm³/mol. The fourth-order valence-electron chi connectivity index (χ4n) is 6.64. The molecule has 0 unspecified atom stereocenters. The Hall–Kier alpha value is -3.63. The minimum Gasteiger partial charge on any atom is -0.458 e. The SMILES string of the molecule is CC[C@@]1(O)C(=O)OCc2c1cc1n(c2=O)Cc2c-1nc1cc(F)c(C)c3c1c2[C@@H](N(CCCN)C(C)=O)CC3. The zero-order chi connectivity index (χ0) is 27.8. The number of aliphatic hydroxyl groups is 1. The third-order valence-corrected chi connectivity index (χ3v) is 8.73. The summed E-state index contributed by atoms with van der Waals surface area (Å²) in [6.45, 7) is 5.86. The number of esters is 1. The van der Waals surface area contributed by atoms with Crippen molar-refractivity contribution < 1.29 is 23.8 Å². The first-order valence-corrected chi connectivity index (χ1v) is 13.4. The zero-order valence-electron chi connectivity index (χ0n) is 22.3. The number of carbonyl (C=O) groups is 2. The van der Waals surface area contributed by atoms with Crippen LogP contribution in [0.25, 0.3) is 22.3 Å². The van der Waals surface area contributed by atoms with E-state index in [0.29, 0.717) is 54.8 Å². The van der Waals surface area contributed by atoms with Crippen LogP contribution in [0, 0.1) is 12.7 Å². The number of carbonyl (C=O) groups excluding carboxylic acids is 2. The Morgan fingerprint density at radius 3 is 2.77 bits per heavy atom. The molecule has 0 spiro atoms. The van der Waals surface area contributed by atoms with Gasteiger partial charge < -0.3 is 25.0 Å². The number of aryl methyl sites for hydroxylation is 1. The van der Waals surface area contributed by atoms with Gasteiger partial charge in [0.15, 0.2) is 5.60 Å². The molecule has 0 radical (unpaired) electrons. The number of rotatable bonds is 5. The van der Waals surface area contributed by atoms with Gasteiger partial charge in [-0.2, -0.15) is 0 Å². The van der Waals surface area contributed by atoms with Crippen molar-refractivity contribution in [2.75, 3.05) is 13.1 Å². The second kappa shape index (κ2) is 8.96. The standard InChI is InChI=1S/C29H31FN4O5/c1-4-29(38)19-10-23-26-17(12-34(23)27(36)18(19)13-39-28(29)37)25-22(33(15(3)35)9-5-8-31)7-6-16-14(2)20(30)11-21(32-26)24(16)25/h10-11,22,38H,4-9,12-13,31H2,1-3H3/t22-,29-/m0/s1. The van der Waals surface area contributed by atoms with Gasteiger partial charge in [0.2, 0.25) is 5.91 Å². The number of benzene rings is 1. The first kappa shape index (κ1) is 25.6. The lowest BCUT2D eigenvalue weighted by Crippen LogP contribution is -2.44. The number of fused-ring (bicyclic) bond motifs is 5. The highest BCUT2D eigenvalue weighted by molar-refractivity contribution is 5.93. The summed E-state index contributed by atoms with van der Waals surface area (Å²) in [6.07, 6.45) is 1.87. The average Bonchev–Trinajstić information content (AvgIpc) is 3.28. The van der Waals surface area contributed by atoms with E-state index in [1.165, 1.54) is 13.0 Å². The number of cyclic esters (lactones) is 1. The molecule has 1 aromatic carbocycles. The first-order chi connectivity index (χ1) is 18.6. The van der Waals surface area contributed by atoms with Gasteiger partial charge in [-0.1, -0.05) is 6.92 Å². The molecule has 2 aromatic heterocycles. The molecule has 3 aliphatic rings. The van der Waals surface area contributed by atoms with Crippen molar-refractivity contribution in [2.45, 2.75) is 71.2 Å². The Kier molecular flexibility index (Phi) is 5.89. The van der Waals surface area contributed by atoms with Crippen molar-refractivity contribution in [3.05, 3.63) is 61.7 Å². The number of hydrogen-bond donors (Lipinski definition) is 2. The van der Waals surface area contributed by atoms with E-state index in [0.717, 1.165) is 22.1 Å². The van der Waals surface area contributed by atoms with E-state index in [1.807, 2.05) is 4.90 Å². The lowest BCUT2D eigenvalue weighted by molar-refractivity contribution is -0.172. The summed E-state index contributed by atoms with van der Waals surface area (Å²) < 4.78 is 21.8. The predicted octanol–water partition coefficient (Wildman–Crippen LogP) is 2.71. The molecule has 39 heavy (non-hydrogen) atoms. The highest BCUT2D eigenvalue weighted by Crippen LogP contribution is 2.47. The second-order valence-corrected chi connectivity index (χ2v) is 10.7. The minimum absolute atomic E-state index is 0.0373. The maximum absolute atomic E-state index is 15.1. The van der Waals surface area contributed by atoms with Crippen molar-refractivity contribution in [3.63, 3.8) is 0 Å². The van der Waals surface area contributed by atoms with Gasteiger partial charge in [-0.25, -0.2) is 14.2 Å². The molecule has 3 N–H and O–H groups in total.